The molecule has 0 aromatic carbocycles. The molecular formula is C21H31N3O4S. The number of rotatable bonds is 5. The van der Waals surface area contributed by atoms with E-state index in [2.05, 4.69) is 24.9 Å². The summed E-state index contributed by atoms with van der Waals surface area (Å²) in [6.45, 7) is 7.40. The second-order valence-electron chi connectivity index (χ2n) is 9.34. The van der Waals surface area contributed by atoms with Crippen LogP contribution in [0, 0.1) is 30.1 Å². The van der Waals surface area contributed by atoms with Gasteiger partial charge in [0.05, 0.1) is 5.92 Å². The summed E-state index contributed by atoms with van der Waals surface area (Å²) < 4.78 is 34.3. The molecular weight excluding hydrogens is 390 g/mol. The minimum Gasteiger partial charge on any atom is -0.461 e. The lowest BCUT2D eigenvalue weighted by Crippen LogP contribution is -2.49. The summed E-state index contributed by atoms with van der Waals surface area (Å²) in [4.78, 5) is 16.7. The SMILES string of the molecule is Cc1nc(S(=O)(=O)N2CCC(C(=O)OCC3=CC[C@H]4C[C@@H]3C4(C)C)CC2)cn1C. The third kappa shape index (κ3) is 3.54. The van der Waals surface area contributed by atoms with Crippen LogP contribution < -0.4 is 0 Å². The topological polar surface area (TPSA) is 81.5 Å². The van der Waals surface area contributed by atoms with Gasteiger partial charge in [0.1, 0.15) is 12.4 Å². The summed E-state index contributed by atoms with van der Waals surface area (Å²) in [5.74, 6) is 1.51. The number of sulfonamides is 1. The molecule has 1 saturated heterocycles. The molecule has 2 bridgehead atoms. The van der Waals surface area contributed by atoms with Gasteiger partial charge in [-0.25, -0.2) is 13.4 Å². The number of imidazole rings is 1. The number of hydrogen-bond donors (Lipinski definition) is 0. The summed E-state index contributed by atoms with van der Waals surface area (Å²) in [6.07, 6.45) is 7.05. The Labute approximate surface area is 173 Å². The first-order valence-corrected chi connectivity index (χ1v) is 11.9. The van der Waals surface area contributed by atoms with Gasteiger partial charge in [-0.15, -0.1) is 0 Å². The summed E-state index contributed by atoms with van der Waals surface area (Å²) in [5.41, 5.74) is 1.58. The lowest BCUT2D eigenvalue weighted by molar-refractivity contribution is -0.149. The maximum Gasteiger partial charge on any atom is 0.309 e. The molecule has 2 heterocycles. The lowest BCUT2D eigenvalue weighted by Gasteiger charge is -2.56. The van der Waals surface area contributed by atoms with Crippen molar-refractivity contribution in [1.29, 1.82) is 0 Å². The van der Waals surface area contributed by atoms with E-state index in [9.17, 15) is 13.2 Å². The maximum atomic E-state index is 12.8. The molecule has 0 unspecified atom stereocenters. The Morgan fingerprint density at radius 3 is 2.55 bits per heavy atom. The molecule has 1 saturated carbocycles. The number of fused-ring (bicyclic) bond motifs is 1. The molecule has 7 nitrogen and oxygen atoms in total. The number of piperidine rings is 1. The second kappa shape index (κ2) is 7.23. The first-order valence-electron chi connectivity index (χ1n) is 10.5. The molecule has 8 heteroatoms. The van der Waals surface area contributed by atoms with Crippen LogP contribution in [0.15, 0.2) is 22.9 Å². The highest BCUT2D eigenvalue weighted by molar-refractivity contribution is 7.89. The Hall–Kier alpha value is -1.67. The molecule has 5 rings (SSSR count). The molecule has 29 heavy (non-hydrogen) atoms. The predicted octanol–water partition coefficient (Wildman–Crippen LogP) is 2.66. The average Bonchev–Trinajstić information content (AvgIpc) is 3.05. The van der Waals surface area contributed by atoms with Crippen LogP contribution in [0.1, 0.15) is 45.4 Å². The molecule has 0 N–H and O–H groups in total. The van der Waals surface area contributed by atoms with Crippen LogP contribution in [0.25, 0.3) is 0 Å². The van der Waals surface area contributed by atoms with Gasteiger partial charge in [0.15, 0.2) is 5.03 Å². The number of aryl methyl sites for hydroxylation is 2. The highest BCUT2D eigenvalue weighted by atomic mass is 32.2. The number of carbonyl (C=O) groups excluding carboxylic acids is 1. The third-order valence-electron chi connectivity index (χ3n) is 7.44. The average molecular weight is 422 g/mol. The highest BCUT2D eigenvalue weighted by Crippen LogP contribution is 2.59. The molecule has 160 valence electrons. The van der Waals surface area contributed by atoms with E-state index in [-0.39, 0.29) is 16.9 Å². The van der Waals surface area contributed by atoms with E-state index >= 15 is 0 Å². The molecule has 1 aromatic rings. The van der Waals surface area contributed by atoms with Gasteiger partial charge in [-0.2, -0.15) is 4.31 Å². The first kappa shape index (κ1) is 20.6. The van der Waals surface area contributed by atoms with Crippen molar-refractivity contribution in [1.82, 2.24) is 13.9 Å². The Bertz CT molecular complexity index is 920. The molecule has 0 spiro atoms. The van der Waals surface area contributed by atoms with E-state index in [1.165, 1.54) is 22.5 Å². The van der Waals surface area contributed by atoms with E-state index in [0.717, 1.165) is 12.3 Å². The summed E-state index contributed by atoms with van der Waals surface area (Å²) in [6, 6.07) is 0. The largest absolute Gasteiger partial charge is 0.461 e. The van der Waals surface area contributed by atoms with E-state index < -0.39 is 10.0 Å². The van der Waals surface area contributed by atoms with Gasteiger partial charge in [0, 0.05) is 26.3 Å². The monoisotopic (exact) mass is 421 g/mol. The predicted molar refractivity (Wildman–Crippen MR) is 108 cm³/mol. The first-order chi connectivity index (χ1) is 13.6. The molecule has 1 aromatic heterocycles. The maximum absolute atomic E-state index is 12.8. The number of ether oxygens (including phenoxy) is 1. The van der Waals surface area contributed by atoms with Gasteiger partial charge in [-0.3, -0.25) is 4.79 Å². The van der Waals surface area contributed by atoms with Crippen LogP contribution in [0.5, 0.6) is 0 Å². The normalized spacial score (nSPS) is 27.2. The van der Waals surface area contributed by atoms with Crippen molar-refractivity contribution < 1.29 is 17.9 Å². The number of esters is 1. The van der Waals surface area contributed by atoms with Gasteiger partial charge in [-0.05, 0) is 55.4 Å². The molecule has 0 amide bonds. The Morgan fingerprint density at radius 2 is 2.00 bits per heavy atom. The van der Waals surface area contributed by atoms with Gasteiger partial charge in [0.2, 0.25) is 0 Å². The van der Waals surface area contributed by atoms with Crippen molar-refractivity contribution in [3.63, 3.8) is 0 Å². The Kier molecular flexibility index (Phi) is 5.14. The van der Waals surface area contributed by atoms with Crippen molar-refractivity contribution >= 4 is 16.0 Å². The van der Waals surface area contributed by atoms with Crippen LogP contribution in [0.2, 0.25) is 0 Å². The van der Waals surface area contributed by atoms with Crippen LogP contribution in [0.4, 0.5) is 0 Å². The van der Waals surface area contributed by atoms with Gasteiger partial charge in [0.25, 0.3) is 10.0 Å². The number of aromatic nitrogens is 2. The van der Waals surface area contributed by atoms with Crippen LogP contribution in [0.3, 0.4) is 0 Å². The number of allylic oxidation sites excluding steroid dienone is 1. The molecule has 0 radical (unpaired) electrons. The fourth-order valence-corrected chi connectivity index (χ4v) is 6.52. The summed E-state index contributed by atoms with van der Waals surface area (Å²) in [5, 5.41) is 0.0733. The van der Waals surface area contributed by atoms with Crippen LogP contribution in [-0.4, -0.2) is 47.9 Å². The third-order valence-corrected chi connectivity index (χ3v) is 9.21. The summed E-state index contributed by atoms with van der Waals surface area (Å²) in [7, 11) is -1.84. The lowest BCUT2D eigenvalue weighted by atomic mass is 9.49. The quantitative estimate of drug-likeness (QED) is 0.539. The van der Waals surface area contributed by atoms with Crippen molar-refractivity contribution in [2.24, 2.45) is 30.2 Å². The fraction of sp³-hybridized carbons (Fsp3) is 0.714. The standard InChI is InChI=1S/C21H31N3O4S/c1-14-22-19(12-23(14)4)29(26,27)24-9-7-15(8-10-24)20(25)28-13-16-5-6-17-11-18(16)21(17,2)3/h5,12,15,17-18H,6-11,13H2,1-4H3/t17-,18-/m0/s1. The van der Waals surface area contributed by atoms with Crippen molar-refractivity contribution in [3.05, 3.63) is 23.7 Å². The Balaban J connectivity index is 1.30. The molecule has 4 aliphatic rings. The van der Waals surface area contributed by atoms with E-state index in [1.807, 2.05) is 0 Å². The minimum atomic E-state index is -3.62. The zero-order valence-corrected chi connectivity index (χ0v) is 18.5. The summed E-state index contributed by atoms with van der Waals surface area (Å²) >= 11 is 0. The number of nitrogens with zero attached hydrogens (tertiary/aromatic N) is 3. The smallest absolute Gasteiger partial charge is 0.309 e. The van der Waals surface area contributed by atoms with E-state index in [1.54, 1.807) is 18.5 Å². The van der Waals surface area contributed by atoms with Gasteiger partial charge < -0.3 is 9.30 Å². The number of carbonyl (C=O) groups is 1. The fourth-order valence-electron chi connectivity index (χ4n) is 5.03. The molecule has 1 aliphatic heterocycles. The number of hydrogen-bond acceptors (Lipinski definition) is 5. The van der Waals surface area contributed by atoms with Crippen molar-refractivity contribution in [2.45, 2.75) is 51.5 Å². The van der Waals surface area contributed by atoms with Gasteiger partial charge >= 0.3 is 5.97 Å². The molecule has 2 atom stereocenters. The van der Waals surface area contributed by atoms with E-state index in [0.29, 0.717) is 49.7 Å². The molecule has 2 fully saturated rings. The van der Waals surface area contributed by atoms with E-state index in [4.69, 9.17) is 4.74 Å². The Morgan fingerprint density at radius 1 is 1.31 bits per heavy atom. The zero-order valence-electron chi connectivity index (χ0n) is 17.7. The minimum absolute atomic E-state index is 0.0733. The van der Waals surface area contributed by atoms with Crippen LogP contribution in [-0.2, 0) is 26.6 Å². The zero-order chi connectivity index (χ0) is 21.0. The van der Waals surface area contributed by atoms with Crippen LogP contribution >= 0.6 is 0 Å². The highest BCUT2D eigenvalue weighted by Gasteiger charge is 2.51. The van der Waals surface area contributed by atoms with Crippen molar-refractivity contribution in [2.75, 3.05) is 19.7 Å². The van der Waals surface area contributed by atoms with Crippen molar-refractivity contribution in [3.8, 4) is 0 Å². The van der Waals surface area contributed by atoms with Gasteiger partial charge in [-0.1, -0.05) is 19.9 Å². The second-order valence-corrected chi connectivity index (χ2v) is 11.2. The molecule has 3 aliphatic carbocycles.